The lowest BCUT2D eigenvalue weighted by atomic mass is 9.89. The molecule has 1 heterocycles. The van der Waals surface area contributed by atoms with Crippen LogP contribution >= 0.6 is 11.6 Å². The Labute approximate surface area is 123 Å². The molecule has 2 rings (SSSR count). The zero-order chi connectivity index (χ0) is 15.1. The van der Waals surface area contributed by atoms with Crippen molar-refractivity contribution in [1.29, 1.82) is 0 Å². The summed E-state index contributed by atoms with van der Waals surface area (Å²) >= 11 is 5.97. The smallest absolute Gasteiger partial charge is 0.339 e. The van der Waals surface area contributed by atoms with E-state index < -0.39 is 5.97 Å². The highest BCUT2D eigenvalue weighted by molar-refractivity contribution is 6.30. The molecule has 0 spiro atoms. The minimum Gasteiger partial charge on any atom is -0.478 e. The highest BCUT2D eigenvalue weighted by Crippen LogP contribution is 2.30. The quantitative estimate of drug-likeness (QED) is 0.915. The maximum Gasteiger partial charge on any atom is 0.339 e. The van der Waals surface area contributed by atoms with Crippen LogP contribution in [0.25, 0.3) is 5.69 Å². The predicted octanol–water partition coefficient (Wildman–Crippen LogP) is 3.83. The molecule has 1 aromatic carbocycles. The lowest BCUT2D eigenvalue weighted by Crippen LogP contribution is -2.21. The number of carboxylic acids is 1. The van der Waals surface area contributed by atoms with E-state index in [4.69, 9.17) is 11.6 Å². The molecule has 0 amide bonds. The van der Waals surface area contributed by atoms with Crippen molar-refractivity contribution in [2.75, 3.05) is 0 Å². The van der Waals surface area contributed by atoms with Crippen LogP contribution in [0.1, 0.15) is 42.4 Å². The summed E-state index contributed by atoms with van der Waals surface area (Å²) in [5.41, 5.74) is 2.35. The summed E-state index contributed by atoms with van der Waals surface area (Å²) in [7, 11) is 0. The molecule has 0 aliphatic heterocycles. The number of aromatic carboxylic acids is 1. The number of halogens is 1. The van der Waals surface area contributed by atoms with Crippen LogP contribution in [0.2, 0.25) is 5.02 Å². The van der Waals surface area contributed by atoms with Crippen LogP contribution in [0.3, 0.4) is 0 Å². The van der Waals surface area contributed by atoms with E-state index in [0.29, 0.717) is 10.7 Å². The molecule has 0 radical (unpaired) electrons. The number of aromatic nitrogens is 2. The van der Waals surface area contributed by atoms with Crippen molar-refractivity contribution in [1.82, 2.24) is 9.78 Å². The molecule has 2 aromatic rings. The van der Waals surface area contributed by atoms with E-state index in [1.54, 1.807) is 10.7 Å². The third kappa shape index (κ3) is 2.56. The molecule has 0 unspecified atom stereocenters. The second-order valence-electron chi connectivity index (χ2n) is 5.80. The number of carboxylic acid groups (broad SMARTS) is 1. The first kappa shape index (κ1) is 14.6. The molecule has 0 saturated heterocycles. The Morgan fingerprint density at radius 2 is 2.00 bits per heavy atom. The van der Waals surface area contributed by atoms with Gasteiger partial charge in [-0.2, -0.15) is 5.10 Å². The van der Waals surface area contributed by atoms with Gasteiger partial charge >= 0.3 is 5.97 Å². The van der Waals surface area contributed by atoms with Crippen LogP contribution in [-0.2, 0) is 5.41 Å². The van der Waals surface area contributed by atoms with Gasteiger partial charge in [0.25, 0.3) is 0 Å². The van der Waals surface area contributed by atoms with Crippen LogP contribution in [0, 0.1) is 6.92 Å². The van der Waals surface area contributed by atoms with E-state index in [1.807, 2.05) is 39.8 Å². The second kappa shape index (κ2) is 4.94. The maximum absolute atomic E-state index is 11.4. The molecule has 5 heteroatoms. The Morgan fingerprint density at radius 3 is 2.50 bits per heavy atom. The van der Waals surface area contributed by atoms with E-state index >= 15 is 0 Å². The summed E-state index contributed by atoms with van der Waals surface area (Å²) in [5, 5.41) is 14.2. The monoisotopic (exact) mass is 292 g/mol. The van der Waals surface area contributed by atoms with Gasteiger partial charge in [0.15, 0.2) is 0 Å². The second-order valence-corrected chi connectivity index (χ2v) is 6.24. The molecule has 106 valence electrons. The lowest BCUT2D eigenvalue weighted by molar-refractivity contribution is 0.0694. The third-order valence-electron chi connectivity index (χ3n) is 3.10. The molecular formula is C15H17ClN2O2. The summed E-state index contributed by atoms with van der Waals surface area (Å²) in [6, 6.07) is 5.47. The molecular weight excluding hydrogens is 276 g/mol. The Kier molecular flexibility index (Phi) is 3.61. The van der Waals surface area contributed by atoms with Crippen molar-refractivity contribution in [2.24, 2.45) is 0 Å². The minimum absolute atomic E-state index is 0.229. The Balaban J connectivity index is 2.72. The van der Waals surface area contributed by atoms with Crippen LogP contribution in [0.15, 0.2) is 24.4 Å². The maximum atomic E-state index is 11.4. The Morgan fingerprint density at radius 1 is 1.35 bits per heavy atom. The number of hydrogen-bond acceptors (Lipinski definition) is 2. The first-order chi connectivity index (χ1) is 9.21. The molecule has 0 bridgehead atoms. The molecule has 0 fully saturated rings. The van der Waals surface area contributed by atoms with E-state index in [-0.39, 0.29) is 11.0 Å². The molecule has 1 N–H and O–H groups in total. The van der Waals surface area contributed by atoms with Gasteiger partial charge in [-0.05, 0) is 30.7 Å². The van der Waals surface area contributed by atoms with Gasteiger partial charge in [-0.3, -0.25) is 0 Å². The molecule has 0 atom stereocenters. The molecule has 0 aliphatic carbocycles. The molecule has 20 heavy (non-hydrogen) atoms. The van der Waals surface area contributed by atoms with Crippen LogP contribution < -0.4 is 0 Å². The van der Waals surface area contributed by atoms with Crippen LogP contribution in [0.5, 0.6) is 0 Å². The number of hydrogen-bond donors (Lipinski definition) is 1. The van der Waals surface area contributed by atoms with Crippen molar-refractivity contribution in [3.8, 4) is 5.69 Å². The number of nitrogens with zero attached hydrogens (tertiary/aromatic N) is 2. The molecule has 0 saturated carbocycles. The van der Waals surface area contributed by atoms with E-state index in [0.717, 1.165) is 11.3 Å². The van der Waals surface area contributed by atoms with Crippen molar-refractivity contribution in [3.63, 3.8) is 0 Å². The van der Waals surface area contributed by atoms with Gasteiger partial charge in [-0.1, -0.05) is 32.4 Å². The van der Waals surface area contributed by atoms with Crippen LogP contribution in [0.4, 0.5) is 0 Å². The van der Waals surface area contributed by atoms with E-state index in [9.17, 15) is 9.90 Å². The van der Waals surface area contributed by atoms with Gasteiger partial charge in [-0.25, -0.2) is 9.48 Å². The summed E-state index contributed by atoms with van der Waals surface area (Å²) in [4.78, 5) is 11.4. The number of aryl methyl sites for hydroxylation is 1. The topological polar surface area (TPSA) is 55.1 Å². The average molecular weight is 293 g/mol. The van der Waals surface area contributed by atoms with Crippen molar-refractivity contribution in [3.05, 3.63) is 46.2 Å². The van der Waals surface area contributed by atoms with Gasteiger partial charge < -0.3 is 5.11 Å². The highest BCUT2D eigenvalue weighted by Gasteiger charge is 2.28. The highest BCUT2D eigenvalue weighted by atomic mass is 35.5. The SMILES string of the molecule is Cc1cc(Cl)ccc1-n1ncc(C(=O)O)c1C(C)(C)C. The third-order valence-corrected chi connectivity index (χ3v) is 3.33. The normalized spacial score (nSPS) is 11.7. The number of benzene rings is 1. The fraction of sp³-hybridized carbons (Fsp3) is 0.333. The average Bonchev–Trinajstić information content (AvgIpc) is 2.73. The zero-order valence-electron chi connectivity index (χ0n) is 11.9. The van der Waals surface area contributed by atoms with Gasteiger partial charge in [0.2, 0.25) is 0 Å². The predicted molar refractivity (Wildman–Crippen MR) is 79.0 cm³/mol. The lowest BCUT2D eigenvalue weighted by Gasteiger charge is -2.22. The standard InChI is InChI=1S/C15H17ClN2O2/c1-9-7-10(16)5-6-12(9)18-13(15(2,3)4)11(8-17-18)14(19)20/h5-8H,1-4H3,(H,19,20). The first-order valence-electron chi connectivity index (χ1n) is 6.30. The van der Waals surface area contributed by atoms with Crippen LogP contribution in [-0.4, -0.2) is 20.9 Å². The number of carbonyl (C=O) groups is 1. The Bertz CT molecular complexity index is 669. The van der Waals surface area contributed by atoms with Crippen molar-refractivity contribution < 1.29 is 9.90 Å². The van der Waals surface area contributed by atoms with Gasteiger partial charge in [0.1, 0.15) is 5.56 Å². The minimum atomic E-state index is -0.965. The van der Waals surface area contributed by atoms with Gasteiger partial charge in [0.05, 0.1) is 17.6 Å². The zero-order valence-corrected chi connectivity index (χ0v) is 12.7. The summed E-state index contributed by atoms with van der Waals surface area (Å²) in [5.74, 6) is -0.965. The summed E-state index contributed by atoms with van der Waals surface area (Å²) < 4.78 is 1.69. The first-order valence-corrected chi connectivity index (χ1v) is 6.68. The van der Waals surface area contributed by atoms with Gasteiger partial charge in [-0.15, -0.1) is 0 Å². The number of rotatable bonds is 2. The molecule has 0 aliphatic rings. The van der Waals surface area contributed by atoms with E-state index in [2.05, 4.69) is 5.10 Å². The molecule has 4 nitrogen and oxygen atoms in total. The van der Waals surface area contributed by atoms with E-state index in [1.165, 1.54) is 6.20 Å². The summed E-state index contributed by atoms with van der Waals surface area (Å²) in [6.07, 6.45) is 1.40. The van der Waals surface area contributed by atoms with Crippen molar-refractivity contribution in [2.45, 2.75) is 33.1 Å². The van der Waals surface area contributed by atoms with Gasteiger partial charge in [0, 0.05) is 10.4 Å². The van der Waals surface area contributed by atoms with Crippen molar-refractivity contribution >= 4 is 17.6 Å². The Hall–Kier alpha value is -1.81. The fourth-order valence-corrected chi connectivity index (χ4v) is 2.49. The largest absolute Gasteiger partial charge is 0.478 e. The summed E-state index contributed by atoms with van der Waals surface area (Å²) in [6.45, 7) is 7.84. The fourth-order valence-electron chi connectivity index (χ4n) is 2.27. The molecule has 1 aromatic heterocycles.